The van der Waals surface area contributed by atoms with E-state index in [1.807, 2.05) is 0 Å². The number of hydrogen-bond acceptors (Lipinski definition) is 3. The van der Waals surface area contributed by atoms with Crippen molar-refractivity contribution in [3.63, 3.8) is 0 Å². The third-order valence-electron chi connectivity index (χ3n) is 2.18. The maximum Gasteiger partial charge on any atom is 0.272 e. The summed E-state index contributed by atoms with van der Waals surface area (Å²) in [5.74, 6) is -0.599. The summed E-state index contributed by atoms with van der Waals surface area (Å²) in [6, 6.07) is 4.61. The molecule has 1 atom stereocenters. The van der Waals surface area contributed by atoms with Crippen molar-refractivity contribution >= 4 is 23.2 Å². The van der Waals surface area contributed by atoms with Crippen molar-refractivity contribution in [2.45, 2.75) is 18.7 Å². The Labute approximate surface area is 97.3 Å². The van der Waals surface area contributed by atoms with Gasteiger partial charge in [0.1, 0.15) is 5.38 Å². The molecular formula is C10H11ClN2O3. The van der Waals surface area contributed by atoms with Gasteiger partial charge in [-0.2, -0.15) is 0 Å². The number of nitrogens with zero attached hydrogens (tertiary/aromatic N) is 1. The molecule has 5 nitrogen and oxygen atoms in total. The Bertz CT molecular complexity index is 434. The van der Waals surface area contributed by atoms with Gasteiger partial charge in [0.25, 0.3) is 5.69 Å². The highest BCUT2D eigenvalue weighted by molar-refractivity contribution is 6.30. The number of nitrogens with two attached hydrogens (primary N) is 1. The van der Waals surface area contributed by atoms with Gasteiger partial charge in [-0.15, -0.1) is 11.6 Å². The van der Waals surface area contributed by atoms with Gasteiger partial charge in [0.05, 0.1) is 4.92 Å². The summed E-state index contributed by atoms with van der Waals surface area (Å²) >= 11 is 5.70. The first kappa shape index (κ1) is 12.4. The van der Waals surface area contributed by atoms with Gasteiger partial charge in [0.2, 0.25) is 5.91 Å². The van der Waals surface area contributed by atoms with Crippen molar-refractivity contribution < 1.29 is 9.72 Å². The van der Waals surface area contributed by atoms with Crippen LogP contribution in [0.15, 0.2) is 18.2 Å². The first-order valence-electron chi connectivity index (χ1n) is 4.59. The van der Waals surface area contributed by atoms with Crippen LogP contribution >= 0.6 is 11.6 Å². The van der Waals surface area contributed by atoms with Crippen molar-refractivity contribution in [1.82, 2.24) is 0 Å². The highest BCUT2D eigenvalue weighted by Crippen LogP contribution is 2.20. The summed E-state index contributed by atoms with van der Waals surface area (Å²) in [6.45, 7) is 1.63. The lowest BCUT2D eigenvalue weighted by Gasteiger charge is -2.06. The SMILES string of the molecule is Cc1cc(CC(Cl)C(N)=O)ccc1[N+](=O)[O-]. The summed E-state index contributed by atoms with van der Waals surface area (Å²) in [5, 5.41) is 9.78. The zero-order chi connectivity index (χ0) is 12.3. The smallest absolute Gasteiger partial charge is 0.272 e. The third-order valence-corrected chi connectivity index (χ3v) is 2.55. The van der Waals surface area contributed by atoms with Gasteiger partial charge >= 0.3 is 0 Å². The second-order valence-electron chi connectivity index (χ2n) is 3.45. The summed E-state index contributed by atoms with van der Waals surface area (Å²) in [4.78, 5) is 20.9. The molecule has 0 heterocycles. The molecule has 0 aromatic heterocycles. The van der Waals surface area contributed by atoms with Crippen LogP contribution in [0.1, 0.15) is 11.1 Å². The van der Waals surface area contributed by atoms with E-state index in [1.54, 1.807) is 19.1 Å². The van der Waals surface area contributed by atoms with Crippen LogP contribution in [0.4, 0.5) is 5.69 Å². The van der Waals surface area contributed by atoms with Gasteiger partial charge in [-0.1, -0.05) is 6.07 Å². The minimum atomic E-state index is -0.791. The van der Waals surface area contributed by atoms with Gasteiger partial charge in [-0.25, -0.2) is 0 Å². The Kier molecular flexibility index (Phi) is 3.84. The Morgan fingerprint density at radius 2 is 2.25 bits per heavy atom. The predicted molar refractivity (Wildman–Crippen MR) is 60.4 cm³/mol. The first-order valence-corrected chi connectivity index (χ1v) is 5.02. The van der Waals surface area contributed by atoms with Crippen LogP contribution < -0.4 is 5.73 Å². The second-order valence-corrected chi connectivity index (χ2v) is 3.98. The van der Waals surface area contributed by atoms with Gasteiger partial charge < -0.3 is 5.73 Å². The summed E-state index contributed by atoms with van der Waals surface area (Å²) in [5.41, 5.74) is 6.36. The molecular weight excluding hydrogens is 232 g/mol. The van der Waals surface area contributed by atoms with E-state index in [1.165, 1.54) is 6.07 Å². The van der Waals surface area contributed by atoms with Gasteiger partial charge in [0, 0.05) is 11.6 Å². The highest BCUT2D eigenvalue weighted by atomic mass is 35.5. The fourth-order valence-corrected chi connectivity index (χ4v) is 1.54. The number of nitro groups is 1. The molecule has 0 bridgehead atoms. The van der Waals surface area contributed by atoms with Crippen LogP contribution in [0.25, 0.3) is 0 Å². The second kappa shape index (κ2) is 4.94. The lowest BCUT2D eigenvalue weighted by atomic mass is 10.1. The Balaban J connectivity index is 2.89. The molecule has 86 valence electrons. The van der Waals surface area contributed by atoms with E-state index < -0.39 is 16.2 Å². The molecule has 1 aromatic rings. The average molecular weight is 243 g/mol. The van der Waals surface area contributed by atoms with Crippen molar-refractivity contribution in [2.24, 2.45) is 5.73 Å². The molecule has 0 aliphatic carbocycles. The van der Waals surface area contributed by atoms with Crippen LogP contribution in [-0.2, 0) is 11.2 Å². The summed E-state index contributed by atoms with van der Waals surface area (Å²) in [6.07, 6.45) is 0.274. The summed E-state index contributed by atoms with van der Waals surface area (Å²) < 4.78 is 0. The molecule has 0 saturated carbocycles. The number of amides is 1. The lowest BCUT2D eigenvalue weighted by Crippen LogP contribution is -2.25. The zero-order valence-electron chi connectivity index (χ0n) is 8.64. The number of carbonyl (C=O) groups is 1. The Hall–Kier alpha value is -1.62. The fourth-order valence-electron chi connectivity index (χ4n) is 1.36. The molecule has 2 N–H and O–H groups in total. The van der Waals surface area contributed by atoms with Crippen LogP contribution in [0.5, 0.6) is 0 Å². The lowest BCUT2D eigenvalue weighted by molar-refractivity contribution is -0.385. The number of rotatable bonds is 4. The van der Waals surface area contributed by atoms with E-state index in [9.17, 15) is 14.9 Å². The van der Waals surface area contributed by atoms with Gasteiger partial charge in [-0.05, 0) is 25.0 Å². The van der Waals surface area contributed by atoms with E-state index in [0.29, 0.717) is 5.56 Å². The summed E-state index contributed by atoms with van der Waals surface area (Å²) in [7, 11) is 0. The normalized spacial score (nSPS) is 12.1. The Morgan fingerprint density at radius 3 is 2.69 bits per heavy atom. The molecule has 1 amide bonds. The maximum absolute atomic E-state index is 10.7. The molecule has 0 aliphatic rings. The predicted octanol–water partition coefficient (Wildman–Crippen LogP) is 1.54. The number of nitro benzene ring substituents is 1. The van der Waals surface area contributed by atoms with Gasteiger partial charge in [0.15, 0.2) is 0 Å². The molecule has 6 heteroatoms. The molecule has 1 aromatic carbocycles. The highest BCUT2D eigenvalue weighted by Gasteiger charge is 2.15. The number of benzene rings is 1. The standard InChI is InChI=1S/C10H11ClN2O3/c1-6-4-7(5-8(11)10(12)14)2-3-9(6)13(15)16/h2-4,8H,5H2,1H3,(H2,12,14). The van der Waals surface area contributed by atoms with E-state index in [0.717, 1.165) is 5.56 Å². The van der Waals surface area contributed by atoms with Crippen LogP contribution in [0.3, 0.4) is 0 Å². The molecule has 0 fully saturated rings. The largest absolute Gasteiger partial charge is 0.368 e. The molecule has 0 saturated heterocycles. The molecule has 0 aliphatic heterocycles. The zero-order valence-corrected chi connectivity index (χ0v) is 9.40. The van der Waals surface area contributed by atoms with E-state index in [2.05, 4.69) is 0 Å². The topological polar surface area (TPSA) is 86.2 Å². The van der Waals surface area contributed by atoms with Crippen LogP contribution in [-0.4, -0.2) is 16.2 Å². The monoisotopic (exact) mass is 242 g/mol. The van der Waals surface area contributed by atoms with Crippen LogP contribution in [0.2, 0.25) is 0 Å². The number of aryl methyl sites for hydroxylation is 1. The molecule has 0 radical (unpaired) electrons. The molecule has 1 unspecified atom stereocenters. The Morgan fingerprint density at radius 1 is 1.62 bits per heavy atom. The number of primary amides is 1. The first-order chi connectivity index (χ1) is 7.41. The number of halogens is 1. The number of carbonyl (C=O) groups excluding carboxylic acids is 1. The van der Waals surface area contributed by atoms with Crippen molar-refractivity contribution in [3.8, 4) is 0 Å². The van der Waals surface area contributed by atoms with Crippen LogP contribution in [0, 0.1) is 17.0 Å². The third kappa shape index (κ3) is 2.93. The molecule has 16 heavy (non-hydrogen) atoms. The quantitative estimate of drug-likeness (QED) is 0.494. The average Bonchev–Trinajstić information content (AvgIpc) is 2.16. The minimum Gasteiger partial charge on any atom is -0.368 e. The molecule has 0 spiro atoms. The number of hydrogen-bond donors (Lipinski definition) is 1. The van der Waals surface area contributed by atoms with E-state index >= 15 is 0 Å². The number of alkyl halides is 1. The maximum atomic E-state index is 10.7. The molecule has 1 rings (SSSR count). The van der Waals surface area contributed by atoms with Crippen molar-refractivity contribution in [3.05, 3.63) is 39.4 Å². The minimum absolute atomic E-state index is 0.0500. The van der Waals surface area contributed by atoms with Crippen molar-refractivity contribution in [1.29, 1.82) is 0 Å². The van der Waals surface area contributed by atoms with Crippen molar-refractivity contribution in [2.75, 3.05) is 0 Å². The van der Waals surface area contributed by atoms with E-state index in [-0.39, 0.29) is 12.1 Å². The fraction of sp³-hybridized carbons (Fsp3) is 0.300. The van der Waals surface area contributed by atoms with Gasteiger partial charge in [-0.3, -0.25) is 14.9 Å². The van der Waals surface area contributed by atoms with E-state index in [4.69, 9.17) is 17.3 Å².